The van der Waals surface area contributed by atoms with Crippen LogP contribution in [-0.2, 0) is 0 Å². The quantitative estimate of drug-likeness (QED) is 0.751. The average molecular weight is 211 g/mol. The zero-order valence-corrected chi connectivity index (χ0v) is 9.69. The number of hydrogen-bond acceptors (Lipinski definition) is 3. The molecule has 0 fully saturated rings. The van der Waals surface area contributed by atoms with E-state index in [1.54, 1.807) is 25.6 Å². The molecule has 0 amide bonds. The van der Waals surface area contributed by atoms with Crippen molar-refractivity contribution in [3.05, 3.63) is 24.3 Å². The lowest BCUT2D eigenvalue weighted by atomic mass is 10.1. The highest BCUT2D eigenvalue weighted by Crippen LogP contribution is 2.19. The van der Waals surface area contributed by atoms with Gasteiger partial charge in [0, 0.05) is 17.1 Å². The van der Waals surface area contributed by atoms with Gasteiger partial charge in [-0.1, -0.05) is 6.07 Å². The van der Waals surface area contributed by atoms with Crippen LogP contribution < -0.4 is 5.32 Å². The van der Waals surface area contributed by atoms with Crippen LogP contribution in [0.15, 0.2) is 29.2 Å². The molecule has 0 radical (unpaired) electrons. The Hall–Kier alpha value is -0.670. The van der Waals surface area contributed by atoms with Gasteiger partial charge in [-0.15, -0.1) is 11.8 Å². The van der Waals surface area contributed by atoms with Gasteiger partial charge in [-0.2, -0.15) is 0 Å². The van der Waals surface area contributed by atoms with Crippen molar-refractivity contribution in [2.24, 2.45) is 0 Å². The van der Waals surface area contributed by atoms with E-state index in [-0.39, 0.29) is 0 Å². The molecular weight excluding hydrogens is 194 g/mol. The molecule has 0 bridgehead atoms. The van der Waals surface area contributed by atoms with Crippen molar-refractivity contribution in [2.75, 3.05) is 18.1 Å². The third-order valence-corrected chi connectivity index (χ3v) is 2.52. The minimum Gasteiger partial charge on any atom is -0.389 e. The molecule has 0 heterocycles. The summed E-state index contributed by atoms with van der Waals surface area (Å²) < 4.78 is 0. The summed E-state index contributed by atoms with van der Waals surface area (Å²) in [5, 5.41) is 12.7. The molecule has 0 unspecified atom stereocenters. The van der Waals surface area contributed by atoms with E-state index >= 15 is 0 Å². The van der Waals surface area contributed by atoms with Gasteiger partial charge in [0.1, 0.15) is 0 Å². The van der Waals surface area contributed by atoms with E-state index in [9.17, 15) is 5.11 Å². The summed E-state index contributed by atoms with van der Waals surface area (Å²) in [5.41, 5.74) is 0.383. The summed E-state index contributed by atoms with van der Waals surface area (Å²) in [7, 11) is 0. The number of thioether (sulfide) groups is 1. The molecule has 2 nitrogen and oxygen atoms in total. The normalized spacial score (nSPS) is 11.4. The first-order chi connectivity index (χ1) is 6.51. The fourth-order valence-electron chi connectivity index (χ4n) is 1.05. The fraction of sp³-hybridized carbons (Fsp3) is 0.455. The second-order valence-electron chi connectivity index (χ2n) is 3.90. The molecule has 14 heavy (non-hydrogen) atoms. The minimum absolute atomic E-state index is 0.560. The average Bonchev–Trinajstić information content (AvgIpc) is 2.14. The molecule has 0 aliphatic rings. The van der Waals surface area contributed by atoms with Crippen molar-refractivity contribution in [1.29, 1.82) is 0 Å². The predicted octanol–water partition coefficient (Wildman–Crippen LogP) is 2.59. The number of hydrogen-bond donors (Lipinski definition) is 2. The summed E-state index contributed by atoms with van der Waals surface area (Å²) in [4.78, 5) is 1.23. The van der Waals surface area contributed by atoms with Crippen LogP contribution in [0.4, 0.5) is 5.69 Å². The first-order valence-corrected chi connectivity index (χ1v) is 5.84. The van der Waals surface area contributed by atoms with Crippen LogP contribution in [0.3, 0.4) is 0 Å². The van der Waals surface area contributed by atoms with Crippen LogP contribution in [0.2, 0.25) is 0 Å². The summed E-state index contributed by atoms with van der Waals surface area (Å²) in [5.74, 6) is 0. The second kappa shape index (κ2) is 4.71. The van der Waals surface area contributed by atoms with Gasteiger partial charge in [-0.05, 0) is 38.3 Å². The summed E-state index contributed by atoms with van der Waals surface area (Å²) in [6.45, 7) is 4.14. The molecule has 0 aromatic heterocycles. The van der Waals surface area contributed by atoms with Gasteiger partial charge in [0.05, 0.1) is 5.60 Å². The Labute approximate surface area is 89.7 Å². The zero-order chi connectivity index (χ0) is 10.6. The third kappa shape index (κ3) is 4.03. The molecule has 0 saturated heterocycles. The lowest BCUT2D eigenvalue weighted by Crippen LogP contribution is -2.29. The molecule has 1 rings (SSSR count). The molecule has 1 aromatic carbocycles. The highest BCUT2D eigenvalue weighted by atomic mass is 32.2. The Balaban J connectivity index is 2.59. The predicted molar refractivity (Wildman–Crippen MR) is 63.0 cm³/mol. The van der Waals surface area contributed by atoms with Crippen LogP contribution in [0.25, 0.3) is 0 Å². The van der Waals surface area contributed by atoms with Crippen molar-refractivity contribution in [3.63, 3.8) is 0 Å². The van der Waals surface area contributed by atoms with E-state index in [1.807, 2.05) is 12.1 Å². The monoisotopic (exact) mass is 211 g/mol. The Morgan fingerprint density at radius 1 is 1.43 bits per heavy atom. The van der Waals surface area contributed by atoms with Crippen molar-refractivity contribution >= 4 is 17.4 Å². The topological polar surface area (TPSA) is 32.3 Å². The Morgan fingerprint density at radius 2 is 2.14 bits per heavy atom. The lowest BCUT2D eigenvalue weighted by Gasteiger charge is -2.18. The Kier molecular flexibility index (Phi) is 3.84. The van der Waals surface area contributed by atoms with Gasteiger partial charge < -0.3 is 10.4 Å². The Morgan fingerprint density at radius 3 is 2.71 bits per heavy atom. The van der Waals surface area contributed by atoms with Crippen molar-refractivity contribution in [2.45, 2.75) is 24.3 Å². The summed E-state index contributed by atoms with van der Waals surface area (Å²) in [6, 6.07) is 8.17. The molecule has 1 aromatic rings. The van der Waals surface area contributed by atoms with E-state index in [4.69, 9.17) is 0 Å². The number of rotatable bonds is 4. The first kappa shape index (κ1) is 11.4. The minimum atomic E-state index is -0.671. The van der Waals surface area contributed by atoms with Gasteiger partial charge in [0.25, 0.3) is 0 Å². The zero-order valence-electron chi connectivity index (χ0n) is 8.87. The molecule has 78 valence electrons. The van der Waals surface area contributed by atoms with Gasteiger partial charge in [0.15, 0.2) is 0 Å². The van der Waals surface area contributed by atoms with Crippen molar-refractivity contribution in [3.8, 4) is 0 Å². The molecule has 0 atom stereocenters. The maximum atomic E-state index is 9.54. The highest BCUT2D eigenvalue weighted by molar-refractivity contribution is 7.98. The summed E-state index contributed by atoms with van der Waals surface area (Å²) >= 11 is 1.71. The van der Waals surface area contributed by atoms with E-state index in [0.29, 0.717) is 6.54 Å². The second-order valence-corrected chi connectivity index (χ2v) is 4.78. The van der Waals surface area contributed by atoms with Crippen LogP contribution in [-0.4, -0.2) is 23.5 Å². The highest BCUT2D eigenvalue weighted by Gasteiger charge is 2.11. The maximum absolute atomic E-state index is 9.54. The SMILES string of the molecule is CSc1cccc(NCC(C)(C)O)c1. The molecule has 3 heteroatoms. The first-order valence-electron chi connectivity index (χ1n) is 4.61. The van der Waals surface area contributed by atoms with Gasteiger partial charge >= 0.3 is 0 Å². The van der Waals surface area contributed by atoms with Gasteiger partial charge in [-0.25, -0.2) is 0 Å². The number of benzene rings is 1. The van der Waals surface area contributed by atoms with Crippen LogP contribution in [0, 0.1) is 0 Å². The third-order valence-electron chi connectivity index (χ3n) is 1.79. The molecule has 2 N–H and O–H groups in total. The fourth-order valence-corrected chi connectivity index (χ4v) is 1.51. The van der Waals surface area contributed by atoms with Crippen molar-refractivity contribution < 1.29 is 5.11 Å². The molecular formula is C11H17NOS. The summed E-state index contributed by atoms with van der Waals surface area (Å²) in [6.07, 6.45) is 2.05. The van der Waals surface area contributed by atoms with Gasteiger partial charge in [0.2, 0.25) is 0 Å². The van der Waals surface area contributed by atoms with E-state index in [1.165, 1.54) is 4.90 Å². The lowest BCUT2D eigenvalue weighted by molar-refractivity contribution is 0.0945. The molecule has 0 aliphatic heterocycles. The van der Waals surface area contributed by atoms with E-state index in [0.717, 1.165) is 5.69 Å². The van der Waals surface area contributed by atoms with Crippen LogP contribution >= 0.6 is 11.8 Å². The number of anilines is 1. The maximum Gasteiger partial charge on any atom is 0.0763 e. The molecule has 0 spiro atoms. The largest absolute Gasteiger partial charge is 0.389 e. The molecule has 0 aliphatic carbocycles. The van der Waals surface area contributed by atoms with Gasteiger partial charge in [-0.3, -0.25) is 0 Å². The van der Waals surface area contributed by atoms with Crippen LogP contribution in [0.1, 0.15) is 13.8 Å². The van der Waals surface area contributed by atoms with Crippen LogP contribution in [0.5, 0.6) is 0 Å². The van der Waals surface area contributed by atoms with Crippen molar-refractivity contribution in [1.82, 2.24) is 0 Å². The standard InChI is InChI=1S/C11H17NOS/c1-11(2,13)8-12-9-5-4-6-10(7-9)14-3/h4-7,12-13H,8H2,1-3H3. The molecule has 0 saturated carbocycles. The smallest absolute Gasteiger partial charge is 0.0763 e. The number of aliphatic hydroxyl groups is 1. The van der Waals surface area contributed by atoms with E-state index < -0.39 is 5.60 Å². The number of nitrogens with one attached hydrogen (secondary N) is 1. The van der Waals surface area contributed by atoms with E-state index in [2.05, 4.69) is 23.7 Å². The Bertz CT molecular complexity index is 294.